The Balaban J connectivity index is 2.60. The van der Waals surface area contributed by atoms with Crippen LogP contribution in [-0.2, 0) is 4.79 Å². The molecule has 0 spiro atoms. The first-order chi connectivity index (χ1) is 6.16. The van der Waals surface area contributed by atoms with E-state index in [0.29, 0.717) is 6.54 Å². The molecule has 13 heavy (non-hydrogen) atoms. The van der Waals surface area contributed by atoms with Gasteiger partial charge < -0.3 is 10.2 Å². The first kappa shape index (κ1) is 9.99. The first-order valence-electron chi connectivity index (χ1n) is 4.42. The predicted molar refractivity (Wildman–Crippen MR) is 53.4 cm³/mol. The summed E-state index contributed by atoms with van der Waals surface area (Å²) in [5.74, 6) is 0.108. The average molecular weight is 180 g/mol. The van der Waals surface area contributed by atoms with Crippen LogP contribution in [0.5, 0.6) is 0 Å². The Hall–Kier alpha value is -1.09. The molecule has 1 saturated heterocycles. The quantitative estimate of drug-likeness (QED) is 0.508. The van der Waals surface area contributed by atoms with Crippen LogP contribution < -0.4 is 5.32 Å². The number of amides is 1. The van der Waals surface area contributed by atoms with Crippen molar-refractivity contribution in [1.82, 2.24) is 10.2 Å². The maximum atomic E-state index is 11.7. The molecule has 0 aromatic rings. The van der Waals surface area contributed by atoms with Crippen molar-refractivity contribution in [1.29, 1.82) is 0 Å². The summed E-state index contributed by atoms with van der Waals surface area (Å²) in [5.41, 5.74) is 2.10. The molecule has 0 aromatic heterocycles. The maximum Gasteiger partial charge on any atom is 0.249 e. The summed E-state index contributed by atoms with van der Waals surface area (Å²) in [6.45, 7) is 7.82. The minimum Gasteiger partial charge on any atom is -0.338 e. The van der Waals surface area contributed by atoms with Crippen molar-refractivity contribution in [2.75, 3.05) is 26.7 Å². The minimum absolute atomic E-state index is 0.108. The third kappa shape index (κ3) is 2.18. The smallest absolute Gasteiger partial charge is 0.249 e. The molecule has 0 radical (unpaired) electrons. The van der Waals surface area contributed by atoms with Crippen LogP contribution >= 0.6 is 0 Å². The number of rotatable bonds is 3. The van der Waals surface area contributed by atoms with Crippen LogP contribution in [0.1, 0.15) is 6.92 Å². The van der Waals surface area contributed by atoms with Crippen molar-refractivity contribution in [2.45, 2.75) is 6.92 Å². The summed E-state index contributed by atoms with van der Waals surface area (Å²) in [5, 5.41) is 3.12. The number of hydrogen-bond acceptors (Lipinski definition) is 2. The van der Waals surface area contributed by atoms with Crippen LogP contribution in [-0.4, -0.2) is 37.5 Å². The van der Waals surface area contributed by atoms with E-state index in [4.69, 9.17) is 0 Å². The predicted octanol–water partition coefficient (Wildman–Crippen LogP) is 0.550. The number of carbonyl (C=O) groups excluding carboxylic acids is 1. The van der Waals surface area contributed by atoms with Gasteiger partial charge in [-0.05, 0) is 12.5 Å². The molecule has 0 aliphatic carbocycles. The summed E-state index contributed by atoms with van der Waals surface area (Å²) < 4.78 is 0. The SMILES string of the molecule is C=CCN(C)C(=O)C(C)=C1CNC1. The van der Waals surface area contributed by atoms with Crippen LogP contribution in [0.15, 0.2) is 23.8 Å². The third-order valence-corrected chi connectivity index (χ3v) is 2.28. The van der Waals surface area contributed by atoms with Gasteiger partial charge in [0.05, 0.1) is 0 Å². The molecule has 0 atom stereocenters. The van der Waals surface area contributed by atoms with Gasteiger partial charge in [0.15, 0.2) is 0 Å². The summed E-state index contributed by atoms with van der Waals surface area (Å²) in [7, 11) is 1.79. The van der Waals surface area contributed by atoms with E-state index in [1.54, 1.807) is 18.0 Å². The standard InChI is InChI=1S/C10H16N2O/c1-4-5-12(3)10(13)8(2)9-6-11-7-9/h4,11H,1,5-7H2,2-3H3. The van der Waals surface area contributed by atoms with E-state index in [9.17, 15) is 4.79 Å². The highest BCUT2D eigenvalue weighted by molar-refractivity contribution is 5.93. The molecule has 72 valence electrons. The lowest BCUT2D eigenvalue weighted by molar-refractivity contribution is -0.125. The van der Waals surface area contributed by atoms with E-state index in [-0.39, 0.29) is 5.91 Å². The van der Waals surface area contributed by atoms with Gasteiger partial charge in [0, 0.05) is 32.3 Å². The Bertz CT molecular complexity index is 250. The van der Waals surface area contributed by atoms with Crippen molar-refractivity contribution in [2.24, 2.45) is 0 Å². The molecule has 1 N–H and O–H groups in total. The highest BCUT2D eigenvalue weighted by Crippen LogP contribution is 2.10. The molecule has 1 heterocycles. The molecular weight excluding hydrogens is 164 g/mol. The molecule has 3 heteroatoms. The maximum absolute atomic E-state index is 11.7. The van der Waals surface area contributed by atoms with Gasteiger partial charge in [0.25, 0.3) is 0 Å². The van der Waals surface area contributed by atoms with Crippen LogP contribution in [0.2, 0.25) is 0 Å². The Kier molecular flexibility index (Phi) is 3.25. The van der Waals surface area contributed by atoms with Gasteiger partial charge >= 0.3 is 0 Å². The molecule has 1 aliphatic rings. The summed E-state index contributed by atoms with van der Waals surface area (Å²) in [4.78, 5) is 13.3. The van der Waals surface area contributed by atoms with Crippen molar-refractivity contribution < 1.29 is 4.79 Å². The monoisotopic (exact) mass is 180 g/mol. The zero-order chi connectivity index (χ0) is 9.84. The van der Waals surface area contributed by atoms with Crippen molar-refractivity contribution in [3.05, 3.63) is 23.8 Å². The summed E-state index contributed by atoms with van der Waals surface area (Å²) in [6, 6.07) is 0. The van der Waals surface area contributed by atoms with Gasteiger partial charge in [-0.15, -0.1) is 6.58 Å². The van der Waals surface area contributed by atoms with Crippen LogP contribution in [0.25, 0.3) is 0 Å². The molecular formula is C10H16N2O. The van der Waals surface area contributed by atoms with Gasteiger partial charge in [-0.3, -0.25) is 4.79 Å². The van der Waals surface area contributed by atoms with E-state index >= 15 is 0 Å². The lowest BCUT2D eigenvalue weighted by atomic mass is 10.0. The molecule has 1 fully saturated rings. The van der Waals surface area contributed by atoms with E-state index in [1.807, 2.05) is 6.92 Å². The van der Waals surface area contributed by atoms with Crippen LogP contribution in [0, 0.1) is 0 Å². The highest BCUT2D eigenvalue weighted by atomic mass is 16.2. The second-order valence-corrected chi connectivity index (χ2v) is 3.31. The Morgan fingerprint density at radius 2 is 2.31 bits per heavy atom. The molecule has 0 saturated carbocycles. The number of nitrogens with one attached hydrogen (secondary N) is 1. The second kappa shape index (κ2) is 4.23. The van der Waals surface area contributed by atoms with Crippen molar-refractivity contribution >= 4 is 5.91 Å². The fraction of sp³-hybridized carbons (Fsp3) is 0.500. The number of nitrogens with zero attached hydrogens (tertiary/aromatic N) is 1. The van der Waals surface area contributed by atoms with Crippen molar-refractivity contribution in [3.8, 4) is 0 Å². The molecule has 0 aromatic carbocycles. The van der Waals surface area contributed by atoms with E-state index in [2.05, 4.69) is 11.9 Å². The highest BCUT2D eigenvalue weighted by Gasteiger charge is 2.17. The summed E-state index contributed by atoms with van der Waals surface area (Å²) >= 11 is 0. The lowest BCUT2D eigenvalue weighted by Gasteiger charge is -2.24. The van der Waals surface area contributed by atoms with Gasteiger partial charge in [-0.1, -0.05) is 6.08 Å². The normalized spacial score (nSPS) is 14.8. The molecule has 1 amide bonds. The number of carbonyl (C=O) groups is 1. The topological polar surface area (TPSA) is 32.3 Å². The third-order valence-electron chi connectivity index (χ3n) is 2.28. The van der Waals surface area contributed by atoms with Crippen LogP contribution in [0.4, 0.5) is 0 Å². The van der Waals surface area contributed by atoms with E-state index < -0.39 is 0 Å². The summed E-state index contributed by atoms with van der Waals surface area (Å²) in [6.07, 6.45) is 1.73. The minimum atomic E-state index is 0.108. The number of hydrogen-bond donors (Lipinski definition) is 1. The van der Waals surface area contributed by atoms with Gasteiger partial charge in [-0.25, -0.2) is 0 Å². The zero-order valence-corrected chi connectivity index (χ0v) is 8.26. The Labute approximate surface area is 79.1 Å². The van der Waals surface area contributed by atoms with Gasteiger partial charge in [0.1, 0.15) is 0 Å². The fourth-order valence-electron chi connectivity index (χ4n) is 1.23. The fourth-order valence-corrected chi connectivity index (χ4v) is 1.23. The molecule has 0 bridgehead atoms. The Morgan fingerprint density at radius 3 is 2.69 bits per heavy atom. The Morgan fingerprint density at radius 1 is 1.69 bits per heavy atom. The molecule has 1 aliphatic heterocycles. The van der Waals surface area contributed by atoms with Crippen LogP contribution in [0.3, 0.4) is 0 Å². The van der Waals surface area contributed by atoms with Crippen molar-refractivity contribution in [3.63, 3.8) is 0 Å². The largest absolute Gasteiger partial charge is 0.338 e. The van der Waals surface area contributed by atoms with Gasteiger partial charge in [0.2, 0.25) is 5.91 Å². The molecule has 1 rings (SSSR count). The first-order valence-corrected chi connectivity index (χ1v) is 4.42. The van der Waals surface area contributed by atoms with E-state index in [0.717, 1.165) is 18.7 Å². The number of likely N-dealkylation sites (N-methyl/N-ethyl adjacent to an activating group) is 1. The molecule has 0 unspecified atom stereocenters. The zero-order valence-electron chi connectivity index (χ0n) is 8.26. The van der Waals surface area contributed by atoms with Gasteiger partial charge in [-0.2, -0.15) is 0 Å². The lowest BCUT2D eigenvalue weighted by Crippen LogP contribution is -2.38. The molecule has 3 nitrogen and oxygen atoms in total. The average Bonchev–Trinajstić information content (AvgIpc) is 2.00. The second-order valence-electron chi connectivity index (χ2n) is 3.31. The van der Waals surface area contributed by atoms with E-state index in [1.165, 1.54) is 5.57 Å².